The van der Waals surface area contributed by atoms with E-state index in [1.54, 1.807) is 18.2 Å². The molecule has 0 fully saturated rings. The van der Waals surface area contributed by atoms with Crippen molar-refractivity contribution >= 4 is 50.8 Å². The molecule has 196 valence electrons. The van der Waals surface area contributed by atoms with Crippen LogP contribution in [0.2, 0.25) is 0 Å². The molecule has 0 saturated carbocycles. The number of rotatable bonds is 6. The molecule has 0 bridgehead atoms. The van der Waals surface area contributed by atoms with Crippen LogP contribution in [0.25, 0.3) is 0 Å². The van der Waals surface area contributed by atoms with E-state index >= 15 is 0 Å². The Kier molecular flexibility index (Phi) is 6.03. The second-order valence-corrected chi connectivity index (χ2v) is 10.7. The molecule has 0 unspecified atom stereocenters. The first-order valence-electron chi connectivity index (χ1n) is 12.4. The van der Waals surface area contributed by atoms with Crippen molar-refractivity contribution in [1.82, 2.24) is 0 Å². The number of carbonyl (C=O) groups is 3. The Balaban J connectivity index is 1.61. The Morgan fingerprint density at radius 3 is 1.72 bits per heavy atom. The lowest BCUT2D eigenvalue weighted by molar-refractivity contribution is -0.139. The van der Waals surface area contributed by atoms with Crippen LogP contribution in [-0.2, 0) is 29.3 Å². The molecule has 3 aliphatic rings. The van der Waals surface area contributed by atoms with Gasteiger partial charge in [0.1, 0.15) is 18.6 Å². The van der Waals surface area contributed by atoms with E-state index in [0.29, 0.717) is 27.1 Å². The van der Waals surface area contributed by atoms with Crippen molar-refractivity contribution in [1.29, 1.82) is 0 Å². The van der Waals surface area contributed by atoms with Crippen molar-refractivity contribution in [2.24, 2.45) is 0 Å². The summed E-state index contributed by atoms with van der Waals surface area (Å²) in [7, 11) is 0. The van der Waals surface area contributed by atoms with E-state index in [1.165, 1.54) is 0 Å². The fourth-order valence-electron chi connectivity index (χ4n) is 5.28. The molecule has 39 heavy (non-hydrogen) atoms. The van der Waals surface area contributed by atoms with Crippen LogP contribution in [0.1, 0.15) is 16.7 Å². The second-order valence-electron chi connectivity index (χ2n) is 9.74. The fraction of sp³-hybridized carbons (Fsp3) is 0.167. The molecule has 0 aliphatic carbocycles. The quantitative estimate of drug-likeness (QED) is 0.345. The van der Waals surface area contributed by atoms with Crippen molar-refractivity contribution in [3.63, 3.8) is 0 Å². The van der Waals surface area contributed by atoms with Gasteiger partial charge in [0.2, 0.25) is 5.91 Å². The number of anilines is 3. The highest BCUT2D eigenvalue weighted by molar-refractivity contribution is 9.10. The summed E-state index contributed by atoms with van der Waals surface area (Å²) >= 11 is 3.50. The first kappa shape index (κ1) is 24.9. The van der Waals surface area contributed by atoms with Gasteiger partial charge in [0.15, 0.2) is 0 Å². The van der Waals surface area contributed by atoms with Crippen molar-refractivity contribution in [3.8, 4) is 0 Å². The van der Waals surface area contributed by atoms with Crippen LogP contribution in [0.4, 0.5) is 17.1 Å². The van der Waals surface area contributed by atoms with Crippen LogP contribution in [0, 0.1) is 13.8 Å². The van der Waals surface area contributed by atoms with Gasteiger partial charge in [-0.1, -0.05) is 51.3 Å². The number of esters is 2. The normalized spacial score (nSPS) is 17.7. The summed E-state index contributed by atoms with van der Waals surface area (Å²) in [6, 6.07) is 20.5. The smallest absolute Gasteiger partial charge is 0.338 e. The monoisotopic (exact) mass is 585 g/mol. The van der Waals surface area contributed by atoms with Crippen LogP contribution in [0.5, 0.6) is 0 Å². The predicted octanol–water partition coefficient (Wildman–Crippen LogP) is 5.10. The summed E-state index contributed by atoms with van der Waals surface area (Å²) in [4.78, 5) is 41.2. The maximum atomic E-state index is 14.1. The lowest BCUT2D eigenvalue weighted by atomic mass is 9.68. The minimum Gasteiger partial charge on any atom is -0.456 e. The maximum Gasteiger partial charge on any atom is 0.338 e. The van der Waals surface area contributed by atoms with Gasteiger partial charge in [-0.25, -0.2) is 9.59 Å². The van der Waals surface area contributed by atoms with Crippen LogP contribution in [0.15, 0.2) is 93.7 Å². The molecule has 9 heteroatoms. The molecule has 6 rings (SSSR count). The summed E-state index contributed by atoms with van der Waals surface area (Å²) in [5.74, 6) is -1.91. The summed E-state index contributed by atoms with van der Waals surface area (Å²) < 4.78 is 11.7. The third-order valence-electron chi connectivity index (χ3n) is 7.13. The standard InChI is InChI=1S/C30H24BrN3O5/c1-16-3-8-19(9-4-16)32-23-14-38-27(35)25(23)30(21-13-18(31)7-12-22(21)34-29(30)37)26-24(15-39-28(26)36)33-20-10-5-17(2)6-11-20/h3-13,32-33H,14-15H2,1-2H3,(H,34,37). The molecule has 0 saturated heterocycles. The molecule has 3 aromatic rings. The summed E-state index contributed by atoms with van der Waals surface area (Å²) in [6.07, 6.45) is 0. The molecule has 3 N–H and O–H groups in total. The molecule has 1 amide bonds. The Morgan fingerprint density at radius 1 is 0.744 bits per heavy atom. The Morgan fingerprint density at radius 2 is 1.23 bits per heavy atom. The molecule has 0 spiro atoms. The van der Waals surface area contributed by atoms with Gasteiger partial charge in [0.25, 0.3) is 0 Å². The van der Waals surface area contributed by atoms with E-state index in [1.807, 2.05) is 62.4 Å². The topological polar surface area (TPSA) is 106 Å². The molecule has 0 aromatic heterocycles. The van der Waals surface area contributed by atoms with Gasteiger partial charge in [-0.3, -0.25) is 4.79 Å². The maximum absolute atomic E-state index is 14.1. The number of aryl methyl sites for hydroxylation is 2. The molecule has 3 aromatic carbocycles. The fourth-order valence-corrected chi connectivity index (χ4v) is 5.65. The molecule has 3 heterocycles. The largest absolute Gasteiger partial charge is 0.456 e. The van der Waals surface area contributed by atoms with Crippen molar-refractivity contribution in [2.45, 2.75) is 19.3 Å². The summed E-state index contributed by atoms with van der Waals surface area (Å²) in [5.41, 5.74) is 3.61. The number of hydrogen-bond donors (Lipinski definition) is 3. The van der Waals surface area contributed by atoms with E-state index in [-0.39, 0.29) is 24.4 Å². The highest BCUT2D eigenvalue weighted by atomic mass is 79.9. The van der Waals surface area contributed by atoms with Gasteiger partial charge in [-0.2, -0.15) is 0 Å². The zero-order chi connectivity index (χ0) is 27.3. The Labute approximate surface area is 233 Å². The number of carbonyl (C=O) groups excluding carboxylic acids is 3. The first-order valence-corrected chi connectivity index (χ1v) is 13.2. The third-order valence-corrected chi connectivity index (χ3v) is 7.62. The molecule has 0 atom stereocenters. The number of hydrogen-bond acceptors (Lipinski definition) is 7. The Hall–Kier alpha value is -4.37. The molecule has 3 aliphatic heterocycles. The minimum absolute atomic E-state index is 0.0504. The van der Waals surface area contributed by atoms with Crippen LogP contribution < -0.4 is 16.0 Å². The Bertz CT molecular complexity index is 1520. The van der Waals surface area contributed by atoms with Gasteiger partial charge < -0.3 is 25.4 Å². The number of benzene rings is 3. The summed E-state index contributed by atoms with van der Waals surface area (Å²) in [5, 5.41) is 9.44. The lowest BCUT2D eigenvalue weighted by Gasteiger charge is -2.29. The van der Waals surface area contributed by atoms with Gasteiger partial charge in [0, 0.05) is 27.1 Å². The average molecular weight is 586 g/mol. The van der Waals surface area contributed by atoms with Gasteiger partial charge in [-0.05, 0) is 56.3 Å². The van der Waals surface area contributed by atoms with E-state index < -0.39 is 23.3 Å². The van der Waals surface area contributed by atoms with E-state index in [2.05, 4.69) is 31.9 Å². The number of fused-ring (bicyclic) bond motifs is 1. The second kappa shape index (κ2) is 9.43. The predicted molar refractivity (Wildman–Crippen MR) is 150 cm³/mol. The molecular formula is C30H24BrN3O5. The number of ether oxygens (including phenoxy) is 2. The van der Waals surface area contributed by atoms with Crippen LogP contribution >= 0.6 is 15.9 Å². The zero-order valence-electron chi connectivity index (χ0n) is 21.2. The van der Waals surface area contributed by atoms with Crippen LogP contribution in [-0.4, -0.2) is 31.1 Å². The van der Waals surface area contributed by atoms with E-state index in [9.17, 15) is 14.4 Å². The molecule has 8 nitrogen and oxygen atoms in total. The van der Waals surface area contributed by atoms with Crippen LogP contribution in [0.3, 0.4) is 0 Å². The molecule has 0 radical (unpaired) electrons. The SMILES string of the molecule is Cc1ccc(NC2=C(C3(C4=C(Nc5ccc(C)cc5)COC4=O)C(=O)Nc4ccc(Br)cc43)C(=O)OC2)cc1. The molecular weight excluding hydrogens is 562 g/mol. The van der Waals surface area contributed by atoms with E-state index in [4.69, 9.17) is 9.47 Å². The van der Waals surface area contributed by atoms with Crippen molar-refractivity contribution in [2.75, 3.05) is 29.2 Å². The number of halogens is 1. The van der Waals surface area contributed by atoms with Crippen molar-refractivity contribution in [3.05, 3.63) is 110 Å². The van der Waals surface area contributed by atoms with Gasteiger partial charge in [0.05, 0.1) is 22.5 Å². The highest BCUT2D eigenvalue weighted by Crippen LogP contribution is 2.53. The number of cyclic esters (lactones) is 2. The van der Waals surface area contributed by atoms with Gasteiger partial charge >= 0.3 is 11.9 Å². The first-order chi connectivity index (χ1) is 18.8. The zero-order valence-corrected chi connectivity index (χ0v) is 22.8. The minimum atomic E-state index is -1.82. The summed E-state index contributed by atoms with van der Waals surface area (Å²) in [6.45, 7) is 3.79. The third kappa shape index (κ3) is 4.10. The van der Waals surface area contributed by atoms with Gasteiger partial charge in [-0.15, -0.1) is 0 Å². The average Bonchev–Trinajstić information content (AvgIpc) is 3.55. The van der Waals surface area contributed by atoms with Crippen molar-refractivity contribution < 1.29 is 23.9 Å². The number of amides is 1. The lowest BCUT2D eigenvalue weighted by Crippen LogP contribution is -2.44. The highest BCUT2D eigenvalue weighted by Gasteiger charge is 2.62. The number of nitrogens with one attached hydrogen (secondary N) is 3. The van der Waals surface area contributed by atoms with E-state index in [0.717, 1.165) is 22.5 Å².